The summed E-state index contributed by atoms with van der Waals surface area (Å²) in [6, 6.07) is 10.4. The molecule has 1 aromatic carbocycles. The Morgan fingerprint density at radius 1 is 1.33 bits per heavy atom. The molecule has 1 heterocycles. The van der Waals surface area contributed by atoms with E-state index in [2.05, 4.69) is 20.7 Å². The first-order chi connectivity index (χ1) is 8.85. The van der Waals surface area contributed by atoms with Crippen LogP contribution in [0.5, 0.6) is 0 Å². The number of nitrogens with one attached hydrogen (secondary N) is 2. The fourth-order valence-electron chi connectivity index (χ4n) is 1.77. The third-order valence-electron chi connectivity index (χ3n) is 2.85. The van der Waals surface area contributed by atoms with Gasteiger partial charge in [-0.2, -0.15) is 0 Å². The summed E-state index contributed by atoms with van der Waals surface area (Å²) in [6.07, 6.45) is 4.06. The molecule has 0 amide bonds. The number of fused-ring (bicyclic) bond motifs is 1. The lowest BCUT2D eigenvalue weighted by atomic mass is 10.2. The fraction of sp³-hybridized carbons (Fsp3) is 0.231. The molecular weight excluding hydrogens is 226 g/mol. The molecule has 0 aliphatic heterocycles. The maximum Gasteiger partial charge on any atom is 0.210 e. The molecule has 0 radical (unpaired) electrons. The molecule has 1 aliphatic carbocycles. The van der Waals surface area contributed by atoms with Gasteiger partial charge in [0.15, 0.2) is 0 Å². The molecule has 2 aromatic rings. The Kier molecular flexibility index (Phi) is 2.82. The Morgan fingerprint density at radius 3 is 2.94 bits per heavy atom. The topological polar surface area (TPSA) is 75.3 Å². The number of anilines is 1. The fourth-order valence-corrected chi connectivity index (χ4v) is 1.77. The van der Waals surface area contributed by atoms with E-state index in [9.17, 15) is 0 Å². The number of hydrogen-bond acceptors (Lipinski definition) is 3. The molecule has 18 heavy (non-hydrogen) atoms. The van der Waals surface area contributed by atoms with Crippen LogP contribution in [0.3, 0.4) is 0 Å². The second-order valence-electron chi connectivity index (χ2n) is 4.39. The lowest BCUT2D eigenvalue weighted by molar-refractivity contribution is 0.966. The van der Waals surface area contributed by atoms with Gasteiger partial charge in [-0.1, -0.05) is 18.2 Å². The number of aliphatic imine (C=N–C) groups is 1. The summed E-state index contributed by atoms with van der Waals surface area (Å²) in [7, 11) is 0. The van der Waals surface area contributed by atoms with Crippen molar-refractivity contribution in [3.8, 4) is 0 Å². The second kappa shape index (κ2) is 4.62. The Bertz CT molecular complexity index is 589. The summed E-state index contributed by atoms with van der Waals surface area (Å²) < 4.78 is 0. The first kappa shape index (κ1) is 11.0. The standard InChI is InChI=1S/C13H15N5/c14-18-13(16-10-5-6-10)17-11-7-9-3-1-2-4-12(9)15-8-11/h1-4,7-8,10H,5-6,14H2,(H2,16,17,18). The summed E-state index contributed by atoms with van der Waals surface area (Å²) >= 11 is 0. The smallest absolute Gasteiger partial charge is 0.210 e. The number of guanidine groups is 1. The van der Waals surface area contributed by atoms with E-state index in [1.165, 1.54) is 0 Å². The number of benzene rings is 1. The van der Waals surface area contributed by atoms with Crippen LogP contribution in [0, 0.1) is 0 Å². The minimum absolute atomic E-state index is 0.414. The van der Waals surface area contributed by atoms with Crippen molar-refractivity contribution in [3.63, 3.8) is 0 Å². The highest BCUT2D eigenvalue weighted by molar-refractivity contribution is 5.95. The van der Waals surface area contributed by atoms with Crippen molar-refractivity contribution in [1.82, 2.24) is 10.4 Å². The molecule has 3 rings (SSSR count). The van der Waals surface area contributed by atoms with Crippen LogP contribution in [0.2, 0.25) is 0 Å². The van der Waals surface area contributed by atoms with E-state index in [-0.39, 0.29) is 0 Å². The average Bonchev–Trinajstić information content (AvgIpc) is 3.22. The van der Waals surface area contributed by atoms with E-state index < -0.39 is 0 Å². The Labute approximate surface area is 105 Å². The van der Waals surface area contributed by atoms with Crippen LogP contribution >= 0.6 is 0 Å². The van der Waals surface area contributed by atoms with Gasteiger partial charge in [0, 0.05) is 5.39 Å². The van der Waals surface area contributed by atoms with Gasteiger partial charge in [-0.15, -0.1) is 0 Å². The van der Waals surface area contributed by atoms with Crippen molar-refractivity contribution in [1.29, 1.82) is 0 Å². The SMILES string of the molecule is NNC(=NC1CC1)Nc1cnc2ccccc2c1. The summed E-state index contributed by atoms with van der Waals surface area (Å²) in [4.78, 5) is 8.80. The number of rotatable bonds is 2. The summed E-state index contributed by atoms with van der Waals surface area (Å²) in [5.74, 6) is 6.04. The normalized spacial score (nSPS) is 15.7. The number of para-hydroxylation sites is 1. The highest BCUT2D eigenvalue weighted by Crippen LogP contribution is 2.23. The van der Waals surface area contributed by atoms with E-state index in [0.717, 1.165) is 29.4 Å². The zero-order chi connectivity index (χ0) is 12.4. The molecule has 0 bridgehead atoms. The largest absolute Gasteiger partial charge is 0.324 e. The molecule has 1 aromatic heterocycles. The van der Waals surface area contributed by atoms with Crippen molar-refractivity contribution in [2.24, 2.45) is 10.8 Å². The van der Waals surface area contributed by atoms with E-state index in [1.807, 2.05) is 30.3 Å². The van der Waals surface area contributed by atoms with Gasteiger partial charge in [-0.3, -0.25) is 10.4 Å². The Balaban J connectivity index is 1.85. The van der Waals surface area contributed by atoms with Gasteiger partial charge >= 0.3 is 0 Å². The number of aromatic nitrogens is 1. The van der Waals surface area contributed by atoms with Crippen molar-refractivity contribution in [3.05, 3.63) is 36.5 Å². The molecule has 1 fully saturated rings. The van der Waals surface area contributed by atoms with Crippen molar-refractivity contribution >= 4 is 22.5 Å². The molecule has 1 saturated carbocycles. The molecule has 5 heteroatoms. The van der Waals surface area contributed by atoms with Gasteiger partial charge in [0.25, 0.3) is 0 Å². The maximum atomic E-state index is 5.45. The second-order valence-corrected chi connectivity index (χ2v) is 4.39. The quantitative estimate of drug-likeness (QED) is 0.323. The van der Waals surface area contributed by atoms with E-state index in [0.29, 0.717) is 12.0 Å². The summed E-state index contributed by atoms with van der Waals surface area (Å²) in [5.41, 5.74) is 4.44. The molecule has 4 N–H and O–H groups in total. The van der Waals surface area contributed by atoms with Crippen molar-refractivity contribution in [2.45, 2.75) is 18.9 Å². The third-order valence-corrected chi connectivity index (χ3v) is 2.85. The minimum atomic E-state index is 0.414. The average molecular weight is 241 g/mol. The lowest BCUT2D eigenvalue weighted by Crippen LogP contribution is -2.36. The number of pyridine rings is 1. The number of hydrazine groups is 1. The van der Waals surface area contributed by atoms with Crippen LogP contribution < -0.4 is 16.6 Å². The highest BCUT2D eigenvalue weighted by atomic mass is 15.3. The number of nitrogens with zero attached hydrogens (tertiary/aromatic N) is 2. The molecule has 0 unspecified atom stereocenters. The zero-order valence-electron chi connectivity index (χ0n) is 9.93. The van der Waals surface area contributed by atoms with Crippen LogP contribution in [-0.2, 0) is 0 Å². The van der Waals surface area contributed by atoms with Crippen LogP contribution in [0.1, 0.15) is 12.8 Å². The van der Waals surface area contributed by atoms with Gasteiger partial charge in [0.1, 0.15) is 0 Å². The van der Waals surface area contributed by atoms with E-state index in [4.69, 9.17) is 5.84 Å². The molecule has 5 nitrogen and oxygen atoms in total. The predicted octanol–water partition coefficient (Wildman–Crippen LogP) is 1.63. The van der Waals surface area contributed by atoms with Gasteiger partial charge in [0.05, 0.1) is 23.4 Å². The molecule has 0 spiro atoms. The van der Waals surface area contributed by atoms with Crippen LogP contribution in [0.15, 0.2) is 41.5 Å². The predicted molar refractivity (Wildman–Crippen MR) is 73.1 cm³/mol. The molecule has 1 aliphatic rings. The molecular formula is C13H15N5. The van der Waals surface area contributed by atoms with Gasteiger partial charge in [-0.05, 0) is 25.0 Å². The minimum Gasteiger partial charge on any atom is -0.324 e. The highest BCUT2D eigenvalue weighted by Gasteiger charge is 2.20. The summed E-state index contributed by atoms with van der Waals surface area (Å²) in [5, 5.41) is 4.23. The monoisotopic (exact) mass is 241 g/mol. The first-order valence-corrected chi connectivity index (χ1v) is 6.01. The van der Waals surface area contributed by atoms with Gasteiger partial charge < -0.3 is 5.32 Å². The van der Waals surface area contributed by atoms with Crippen LogP contribution in [0.25, 0.3) is 10.9 Å². The molecule has 0 saturated heterocycles. The van der Waals surface area contributed by atoms with Crippen molar-refractivity contribution in [2.75, 3.05) is 5.32 Å². The number of nitrogens with two attached hydrogens (primary N) is 1. The summed E-state index contributed by atoms with van der Waals surface area (Å²) in [6.45, 7) is 0. The molecule has 92 valence electrons. The van der Waals surface area contributed by atoms with E-state index in [1.54, 1.807) is 6.20 Å². The Hall–Kier alpha value is -2.14. The van der Waals surface area contributed by atoms with E-state index >= 15 is 0 Å². The Morgan fingerprint density at radius 2 is 2.17 bits per heavy atom. The lowest BCUT2D eigenvalue weighted by Gasteiger charge is -2.09. The zero-order valence-corrected chi connectivity index (χ0v) is 9.93. The van der Waals surface area contributed by atoms with Crippen LogP contribution in [-0.4, -0.2) is 17.0 Å². The van der Waals surface area contributed by atoms with Crippen molar-refractivity contribution < 1.29 is 0 Å². The van der Waals surface area contributed by atoms with Gasteiger partial charge in [0.2, 0.25) is 5.96 Å². The number of hydrogen-bond donors (Lipinski definition) is 3. The van der Waals surface area contributed by atoms with Crippen LogP contribution in [0.4, 0.5) is 5.69 Å². The molecule has 0 atom stereocenters. The third kappa shape index (κ3) is 2.41. The van der Waals surface area contributed by atoms with Gasteiger partial charge in [-0.25, -0.2) is 10.8 Å². The first-order valence-electron chi connectivity index (χ1n) is 6.01. The maximum absolute atomic E-state index is 5.45.